The highest BCUT2D eigenvalue weighted by atomic mass is 16.6. The third-order valence-electron chi connectivity index (χ3n) is 2.47. The van der Waals surface area contributed by atoms with Gasteiger partial charge in [0.1, 0.15) is 6.61 Å². The lowest BCUT2D eigenvalue weighted by atomic mass is 10.2. The first kappa shape index (κ1) is 12.7. The van der Waals surface area contributed by atoms with Crippen molar-refractivity contribution in [3.63, 3.8) is 0 Å². The number of hydrogen-bond donors (Lipinski definition) is 1. The van der Waals surface area contributed by atoms with E-state index in [-0.39, 0.29) is 12.5 Å². The molecule has 1 heterocycles. The van der Waals surface area contributed by atoms with Crippen molar-refractivity contribution in [1.82, 2.24) is 9.97 Å². The van der Waals surface area contributed by atoms with Crippen molar-refractivity contribution in [2.24, 2.45) is 0 Å². The highest BCUT2D eigenvalue weighted by molar-refractivity contribution is 5.37. The molecular weight excluding hydrogens is 250 g/mol. The summed E-state index contributed by atoms with van der Waals surface area (Å²) in [6.07, 6.45) is 1.07. The fourth-order valence-electron chi connectivity index (χ4n) is 1.48. The summed E-state index contributed by atoms with van der Waals surface area (Å²) in [6, 6.07) is 7.49. The van der Waals surface area contributed by atoms with Crippen LogP contribution >= 0.6 is 0 Å². The molecule has 0 unspecified atom stereocenters. The molecular formula is C12H11N3O4. The van der Waals surface area contributed by atoms with Gasteiger partial charge in [-0.25, -0.2) is 0 Å². The number of H-pyrrole nitrogens is 1. The molecule has 7 heteroatoms. The lowest BCUT2D eigenvalue weighted by Crippen LogP contribution is -2.14. The van der Waals surface area contributed by atoms with Crippen molar-refractivity contribution >= 4 is 5.69 Å². The van der Waals surface area contributed by atoms with E-state index in [0.29, 0.717) is 0 Å². The topological polar surface area (TPSA) is 98.1 Å². The number of nitrogens with zero attached hydrogens (tertiary/aromatic N) is 2. The zero-order valence-corrected chi connectivity index (χ0v) is 10.1. The van der Waals surface area contributed by atoms with E-state index < -0.39 is 16.2 Å². The molecule has 0 saturated carbocycles. The second-order valence-electron chi connectivity index (χ2n) is 3.92. The lowest BCUT2D eigenvalue weighted by molar-refractivity contribution is -0.387. The molecule has 0 atom stereocenters. The van der Waals surface area contributed by atoms with Crippen molar-refractivity contribution in [2.45, 2.75) is 13.5 Å². The van der Waals surface area contributed by atoms with E-state index in [0.717, 1.165) is 17.5 Å². The molecule has 0 radical (unpaired) electrons. The van der Waals surface area contributed by atoms with Crippen molar-refractivity contribution < 1.29 is 9.66 Å². The Balaban J connectivity index is 2.20. The molecule has 19 heavy (non-hydrogen) atoms. The zero-order valence-electron chi connectivity index (χ0n) is 10.1. The van der Waals surface area contributed by atoms with Crippen LogP contribution in [0.4, 0.5) is 5.69 Å². The molecule has 1 aromatic carbocycles. The molecule has 98 valence electrons. The van der Waals surface area contributed by atoms with Crippen LogP contribution < -0.4 is 10.3 Å². The summed E-state index contributed by atoms with van der Waals surface area (Å²) in [5.74, 6) is -0.283. The Morgan fingerprint density at radius 3 is 2.68 bits per heavy atom. The molecule has 0 amide bonds. The van der Waals surface area contributed by atoms with Gasteiger partial charge in [-0.1, -0.05) is 29.8 Å². The largest absolute Gasteiger partial charge is 0.468 e. The van der Waals surface area contributed by atoms with E-state index in [9.17, 15) is 14.9 Å². The first-order chi connectivity index (χ1) is 9.08. The van der Waals surface area contributed by atoms with Gasteiger partial charge < -0.3 is 9.72 Å². The van der Waals surface area contributed by atoms with Crippen LogP contribution in [0.2, 0.25) is 0 Å². The number of aromatic nitrogens is 2. The number of rotatable bonds is 4. The first-order valence-electron chi connectivity index (χ1n) is 5.48. The van der Waals surface area contributed by atoms with Gasteiger partial charge in [0.25, 0.3) is 0 Å². The second-order valence-corrected chi connectivity index (χ2v) is 3.92. The van der Waals surface area contributed by atoms with Crippen LogP contribution in [0, 0.1) is 17.0 Å². The van der Waals surface area contributed by atoms with E-state index in [2.05, 4.69) is 9.97 Å². The van der Waals surface area contributed by atoms with Crippen LogP contribution in [-0.2, 0) is 6.61 Å². The quantitative estimate of drug-likeness (QED) is 0.665. The van der Waals surface area contributed by atoms with Crippen LogP contribution in [-0.4, -0.2) is 14.9 Å². The van der Waals surface area contributed by atoms with Gasteiger partial charge in [0.15, 0.2) is 0 Å². The minimum atomic E-state index is -0.834. The molecule has 0 fully saturated rings. The van der Waals surface area contributed by atoms with Crippen molar-refractivity contribution in [1.29, 1.82) is 0 Å². The lowest BCUT2D eigenvalue weighted by Gasteiger charge is -2.05. The van der Waals surface area contributed by atoms with Crippen LogP contribution in [0.25, 0.3) is 0 Å². The zero-order chi connectivity index (χ0) is 13.8. The Morgan fingerprint density at radius 2 is 2.05 bits per heavy atom. The minimum absolute atomic E-state index is 0.109. The third-order valence-corrected chi connectivity index (χ3v) is 2.47. The Hall–Kier alpha value is -2.70. The average molecular weight is 261 g/mol. The minimum Gasteiger partial charge on any atom is -0.468 e. The van der Waals surface area contributed by atoms with Gasteiger partial charge in [0, 0.05) is 0 Å². The molecule has 2 rings (SSSR count). The van der Waals surface area contributed by atoms with E-state index in [1.54, 1.807) is 0 Å². The van der Waals surface area contributed by atoms with E-state index in [1.165, 1.54) is 0 Å². The van der Waals surface area contributed by atoms with Gasteiger partial charge in [-0.3, -0.25) is 14.9 Å². The highest BCUT2D eigenvalue weighted by Crippen LogP contribution is 2.19. The summed E-state index contributed by atoms with van der Waals surface area (Å²) >= 11 is 0. The first-order valence-corrected chi connectivity index (χ1v) is 5.48. The number of benzene rings is 1. The molecule has 0 aliphatic heterocycles. The molecule has 0 saturated heterocycles. The summed E-state index contributed by atoms with van der Waals surface area (Å²) in [5, 5.41) is 10.8. The molecule has 0 bridgehead atoms. The molecule has 1 aromatic heterocycles. The van der Waals surface area contributed by atoms with Gasteiger partial charge in [-0.2, -0.15) is 4.98 Å². The van der Waals surface area contributed by atoms with Gasteiger partial charge in [-0.15, -0.1) is 0 Å². The summed E-state index contributed by atoms with van der Waals surface area (Å²) < 4.78 is 5.23. The maximum absolute atomic E-state index is 11.3. The maximum atomic E-state index is 11.3. The molecule has 0 aliphatic carbocycles. The number of ether oxygens (including phenoxy) is 1. The Labute approximate surface area is 108 Å². The van der Waals surface area contributed by atoms with Gasteiger partial charge in [0.2, 0.25) is 0 Å². The summed E-state index contributed by atoms with van der Waals surface area (Å²) in [4.78, 5) is 27.1. The van der Waals surface area contributed by atoms with Crippen molar-refractivity contribution in [3.8, 4) is 5.88 Å². The van der Waals surface area contributed by atoms with Gasteiger partial charge in [-0.05, 0) is 12.5 Å². The van der Waals surface area contributed by atoms with Crippen molar-refractivity contribution in [2.75, 3.05) is 0 Å². The Morgan fingerprint density at radius 1 is 1.37 bits per heavy atom. The fraction of sp³-hybridized carbons (Fsp3) is 0.167. The molecule has 0 aliphatic rings. The Bertz CT molecular complexity index is 649. The average Bonchev–Trinajstić information content (AvgIpc) is 2.37. The number of aryl methyl sites for hydroxylation is 1. The van der Waals surface area contributed by atoms with Crippen LogP contribution in [0.15, 0.2) is 35.4 Å². The predicted molar refractivity (Wildman–Crippen MR) is 67.0 cm³/mol. The monoisotopic (exact) mass is 261 g/mol. The van der Waals surface area contributed by atoms with Gasteiger partial charge in [0.05, 0.1) is 11.3 Å². The van der Waals surface area contributed by atoms with E-state index in [1.807, 2.05) is 31.2 Å². The van der Waals surface area contributed by atoms with E-state index in [4.69, 9.17) is 4.74 Å². The predicted octanol–water partition coefficient (Wildman–Crippen LogP) is 1.57. The molecule has 1 N–H and O–H groups in total. The molecule has 2 aromatic rings. The van der Waals surface area contributed by atoms with Gasteiger partial charge >= 0.3 is 17.1 Å². The smallest absolute Gasteiger partial charge is 0.395 e. The van der Waals surface area contributed by atoms with Crippen molar-refractivity contribution in [3.05, 3.63) is 62.2 Å². The Kier molecular flexibility index (Phi) is 3.56. The highest BCUT2D eigenvalue weighted by Gasteiger charge is 2.21. The van der Waals surface area contributed by atoms with Crippen LogP contribution in [0.3, 0.4) is 0 Å². The molecule has 0 spiro atoms. The van der Waals surface area contributed by atoms with Crippen LogP contribution in [0.5, 0.6) is 5.88 Å². The number of nitro groups is 1. The normalized spacial score (nSPS) is 10.2. The number of nitrogens with one attached hydrogen (secondary N) is 1. The molecule has 7 nitrogen and oxygen atoms in total. The number of aromatic amines is 1. The third kappa shape index (κ3) is 2.95. The summed E-state index contributed by atoms with van der Waals surface area (Å²) in [7, 11) is 0. The van der Waals surface area contributed by atoms with E-state index >= 15 is 0 Å². The maximum Gasteiger partial charge on any atom is 0.395 e. The summed E-state index contributed by atoms with van der Waals surface area (Å²) in [5.41, 5.74) is 0.416. The summed E-state index contributed by atoms with van der Waals surface area (Å²) in [6.45, 7) is 2.06. The number of hydrogen-bond acceptors (Lipinski definition) is 5. The van der Waals surface area contributed by atoms with Crippen LogP contribution in [0.1, 0.15) is 11.1 Å². The standard InChI is InChI=1S/C12H11N3O4/c1-8-2-4-9(5-3-8)6-19-12-10(15(17)18)11(16)13-7-14-12/h2-5,7H,6H2,1H3,(H,13,14,16). The SMILES string of the molecule is Cc1ccc(COc2nc[nH]c(=O)c2[N+](=O)[O-])cc1. The fourth-order valence-corrected chi connectivity index (χ4v) is 1.48. The second kappa shape index (κ2) is 5.30.